The Hall–Kier alpha value is -2.33. The maximum absolute atomic E-state index is 13.4. The summed E-state index contributed by atoms with van der Waals surface area (Å²) < 4.78 is 39.4. The highest BCUT2D eigenvalue weighted by Gasteiger charge is 2.21. The Labute approximate surface area is 122 Å². The molecule has 0 amide bonds. The molecule has 2 aromatic rings. The quantitative estimate of drug-likeness (QED) is 0.676. The predicted molar refractivity (Wildman–Crippen MR) is 70.9 cm³/mol. The van der Waals surface area contributed by atoms with Gasteiger partial charge in [0.1, 0.15) is 5.15 Å². The molecule has 21 heavy (non-hydrogen) atoms. The number of halogens is 2. The number of nitrogens with zero attached hydrogens (tertiary/aromatic N) is 3. The monoisotopic (exact) mass is 332 g/mol. The molecule has 0 radical (unpaired) electrons. The van der Waals surface area contributed by atoms with Crippen molar-refractivity contribution in [3.8, 4) is 0 Å². The van der Waals surface area contributed by atoms with E-state index in [0.29, 0.717) is 6.07 Å². The summed E-state index contributed by atoms with van der Waals surface area (Å²) in [5.41, 5.74) is -0.819. The fourth-order valence-corrected chi connectivity index (χ4v) is 2.47. The van der Waals surface area contributed by atoms with Crippen molar-refractivity contribution in [3.05, 3.63) is 51.7 Å². The van der Waals surface area contributed by atoms with Crippen molar-refractivity contribution in [1.82, 2.24) is 9.97 Å². The van der Waals surface area contributed by atoms with Gasteiger partial charge in [-0.15, -0.1) is 0 Å². The number of nitrogens with one attached hydrogen (secondary N) is 1. The SMILES string of the molecule is O=[N+]([O-])c1ccc(S(=O)(=O)Nc2cnc(Cl)cn2)cc1F. The van der Waals surface area contributed by atoms with Crippen LogP contribution < -0.4 is 4.72 Å². The fraction of sp³-hybridized carbons (Fsp3) is 0. The zero-order valence-corrected chi connectivity index (χ0v) is 11.6. The van der Waals surface area contributed by atoms with E-state index < -0.39 is 31.3 Å². The lowest BCUT2D eigenvalue weighted by Gasteiger charge is -2.07. The third-order valence-corrected chi connectivity index (χ3v) is 3.83. The van der Waals surface area contributed by atoms with Crippen molar-refractivity contribution in [2.75, 3.05) is 4.72 Å². The number of benzene rings is 1. The number of nitro benzene ring substituents is 1. The molecule has 0 saturated heterocycles. The van der Waals surface area contributed by atoms with E-state index in [4.69, 9.17) is 11.6 Å². The number of hydrogen-bond acceptors (Lipinski definition) is 6. The lowest BCUT2D eigenvalue weighted by atomic mass is 10.3. The van der Waals surface area contributed by atoms with E-state index in [0.717, 1.165) is 24.5 Å². The van der Waals surface area contributed by atoms with E-state index in [2.05, 4.69) is 9.97 Å². The Morgan fingerprint density at radius 2 is 2.00 bits per heavy atom. The molecular weight excluding hydrogens is 327 g/mol. The second-order valence-electron chi connectivity index (χ2n) is 3.70. The van der Waals surface area contributed by atoms with Crippen LogP contribution in [0.1, 0.15) is 0 Å². The molecule has 1 aromatic carbocycles. The van der Waals surface area contributed by atoms with Crippen LogP contribution in [-0.4, -0.2) is 23.3 Å². The Morgan fingerprint density at radius 1 is 1.29 bits per heavy atom. The van der Waals surface area contributed by atoms with Crippen molar-refractivity contribution in [2.45, 2.75) is 4.90 Å². The van der Waals surface area contributed by atoms with Crippen molar-refractivity contribution < 1.29 is 17.7 Å². The first-order valence-corrected chi connectivity index (χ1v) is 7.10. The molecule has 2 rings (SSSR count). The van der Waals surface area contributed by atoms with Crippen molar-refractivity contribution in [1.29, 1.82) is 0 Å². The number of anilines is 1. The van der Waals surface area contributed by atoms with Gasteiger partial charge in [-0.3, -0.25) is 14.8 Å². The number of aromatic nitrogens is 2. The molecule has 0 spiro atoms. The van der Waals surface area contributed by atoms with Crippen LogP contribution in [0.5, 0.6) is 0 Å². The average Bonchev–Trinajstić information content (AvgIpc) is 2.40. The van der Waals surface area contributed by atoms with Gasteiger partial charge in [-0.1, -0.05) is 11.6 Å². The van der Waals surface area contributed by atoms with Gasteiger partial charge in [0.15, 0.2) is 5.82 Å². The van der Waals surface area contributed by atoms with E-state index in [1.54, 1.807) is 0 Å². The summed E-state index contributed by atoms with van der Waals surface area (Å²) in [4.78, 5) is 16.3. The standard InChI is InChI=1S/C10H6ClFN4O4S/c11-9-4-14-10(5-13-9)15-21(19,20)6-1-2-8(16(17)18)7(12)3-6/h1-5H,(H,14,15). The number of hydrogen-bond donors (Lipinski definition) is 1. The zero-order chi connectivity index (χ0) is 15.6. The third-order valence-electron chi connectivity index (χ3n) is 2.29. The fourth-order valence-electron chi connectivity index (χ4n) is 1.36. The first kappa shape index (κ1) is 15.1. The van der Waals surface area contributed by atoms with Crippen LogP contribution in [-0.2, 0) is 10.0 Å². The Morgan fingerprint density at radius 3 is 2.52 bits per heavy atom. The molecule has 1 heterocycles. The van der Waals surface area contributed by atoms with Gasteiger partial charge in [0.25, 0.3) is 10.0 Å². The minimum absolute atomic E-state index is 0.0688. The second-order valence-corrected chi connectivity index (χ2v) is 5.77. The van der Waals surface area contributed by atoms with E-state index in [9.17, 15) is 22.9 Å². The molecule has 0 saturated carbocycles. The largest absolute Gasteiger partial charge is 0.304 e. The smallest absolute Gasteiger partial charge is 0.262 e. The molecule has 11 heteroatoms. The van der Waals surface area contributed by atoms with Gasteiger partial charge < -0.3 is 0 Å². The molecule has 0 aliphatic rings. The van der Waals surface area contributed by atoms with Gasteiger partial charge in [0, 0.05) is 12.1 Å². The average molecular weight is 333 g/mol. The number of rotatable bonds is 4. The van der Waals surface area contributed by atoms with Gasteiger partial charge in [-0.2, -0.15) is 4.39 Å². The zero-order valence-electron chi connectivity index (χ0n) is 10.0. The Balaban J connectivity index is 2.33. The van der Waals surface area contributed by atoms with E-state index >= 15 is 0 Å². The third kappa shape index (κ3) is 3.41. The molecule has 0 atom stereocenters. The summed E-state index contributed by atoms with van der Waals surface area (Å²) >= 11 is 5.50. The van der Waals surface area contributed by atoms with Crippen molar-refractivity contribution in [3.63, 3.8) is 0 Å². The summed E-state index contributed by atoms with van der Waals surface area (Å²) in [5.74, 6) is -1.39. The molecule has 0 aliphatic carbocycles. The lowest BCUT2D eigenvalue weighted by Crippen LogP contribution is -2.14. The Bertz CT molecular complexity index is 797. The van der Waals surface area contributed by atoms with Crippen LogP contribution >= 0.6 is 11.6 Å². The minimum atomic E-state index is -4.15. The van der Waals surface area contributed by atoms with Crippen molar-refractivity contribution >= 4 is 33.1 Å². The summed E-state index contributed by atoms with van der Waals surface area (Å²) in [7, 11) is -4.15. The molecule has 110 valence electrons. The topological polar surface area (TPSA) is 115 Å². The van der Waals surface area contributed by atoms with E-state index in [1.165, 1.54) is 0 Å². The molecule has 0 bridgehead atoms. The highest BCUT2D eigenvalue weighted by molar-refractivity contribution is 7.92. The molecule has 1 aromatic heterocycles. The van der Waals surface area contributed by atoms with Crippen LogP contribution in [0.2, 0.25) is 5.15 Å². The first-order valence-electron chi connectivity index (χ1n) is 5.24. The van der Waals surface area contributed by atoms with Gasteiger partial charge >= 0.3 is 5.69 Å². The van der Waals surface area contributed by atoms with Crippen LogP contribution in [0, 0.1) is 15.9 Å². The van der Waals surface area contributed by atoms with Crippen LogP contribution in [0.25, 0.3) is 0 Å². The first-order chi connectivity index (χ1) is 9.79. The Kier molecular flexibility index (Phi) is 4.00. The van der Waals surface area contributed by atoms with Crippen molar-refractivity contribution in [2.24, 2.45) is 0 Å². The maximum atomic E-state index is 13.4. The molecule has 8 nitrogen and oxygen atoms in total. The molecule has 0 unspecified atom stereocenters. The lowest BCUT2D eigenvalue weighted by molar-refractivity contribution is -0.387. The van der Waals surface area contributed by atoms with Crippen LogP contribution in [0.15, 0.2) is 35.5 Å². The predicted octanol–water partition coefficient (Wildman–Crippen LogP) is 1.98. The maximum Gasteiger partial charge on any atom is 0.304 e. The van der Waals surface area contributed by atoms with E-state index in [1.807, 2.05) is 4.72 Å². The van der Waals surface area contributed by atoms with Gasteiger partial charge in [-0.25, -0.2) is 18.4 Å². The highest BCUT2D eigenvalue weighted by atomic mass is 35.5. The van der Waals surface area contributed by atoms with Gasteiger partial charge in [-0.05, 0) is 6.07 Å². The second kappa shape index (κ2) is 5.58. The molecule has 0 fully saturated rings. The number of sulfonamides is 1. The van der Waals surface area contributed by atoms with Crippen LogP contribution in [0.4, 0.5) is 15.9 Å². The number of nitro groups is 1. The van der Waals surface area contributed by atoms with Gasteiger partial charge in [0.2, 0.25) is 5.82 Å². The molecule has 1 N–H and O–H groups in total. The normalized spacial score (nSPS) is 11.1. The van der Waals surface area contributed by atoms with Crippen LogP contribution in [0.3, 0.4) is 0 Å². The van der Waals surface area contributed by atoms with Gasteiger partial charge in [0.05, 0.1) is 22.2 Å². The minimum Gasteiger partial charge on any atom is -0.262 e. The summed E-state index contributed by atoms with van der Waals surface area (Å²) in [6, 6.07) is 2.22. The summed E-state index contributed by atoms with van der Waals surface area (Å²) in [6.07, 6.45) is 2.19. The van der Waals surface area contributed by atoms with E-state index in [-0.39, 0.29) is 11.0 Å². The highest BCUT2D eigenvalue weighted by Crippen LogP contribution is 2.22. The molecule has 0 aliphatic heterocycles. The molecular formula is C10H6ClFN4O4S. The summed E-state index contributed by atoms with van der Waals surface area (Å²) in [5, 5.41) is 10.5. The summed E-state index contributed by atoms with van der Waals surface area (Å²) in [6.45, 7) is 0.